The van der Waals surface area contributed by atoms with Gasteiger partial charge >= 0.3 is 0 Å². The minimum atomic E-state index is 0. The Morgan fingerprint density at radius 3 is 2.78 bits per heavy atom. The van der Waals surface area contributed by atoms with E-state index >= 15 is 0 Å². The Hall–Kier alpha value is -2.08. The van der Waals surface area contributed by atoms with Crippen LogP contribution >= 0.6 is 17.0 Å². The zero-order valence-corrected chi connectivity index (χ0v) is 11.0. The fraction of sp³-hybridized carbons (Fsp3) is 0. The molecule has 3 rings (SSSR count). The first-order valence-corrected chi connectivity index (χ1v) is 5.13. The minimum Gasteiger partial charge on any atom is -0.508 e. The van der Waals surface area contributed by atoms with E-state index < -0.39 is 0 Å². The number of fused-ring (bicyclic) bond motifs is 1. The molecule has 0 saturated carbocycles. The van der Waals surface area contributed by atoms with Gasteiger partial charge in [-0.3, -0.25) is 4.40 Å². The van der Waals surface area contributed by atoms with Crippen LogP contribution in [0.25, 0.3) is 17.0 Å². The second-order valence-corrected chi connectivity index (χ2v) is 3.74. The van der Waals surface area contributed by atoms with Crippen molar-refractivity contribution in [2.75, 3.05) is 5.73 Å². The summed E-state index contributed by atoms with van der Waals surface area (Å²) in [6.07, 6.45) is 3.65. The van der Waals surface area contributed by atoms with Gasteiger partial charge in [0, 0.05) is 18.0 Å². The van der Waals surface area contributed by atoms with E-state index in [-0.39, 0.29) is 22.7 Å². The van der Waals surface area contributed by atoms with Crippen molar-refractivity contribution in [3.63, 3.8) is 0 Å². The molecule has 3 aromatic rings. The highest BCUT2D eigenvalue weighted by Gasteiger charge is 2.05. The number of benzene rings is 1. The average molecular weight is 307 g/mol. The van der Waals surface area contributed by atoms with Gasteiger partial charge in [0.05, 0.1) is 5.69 Å². The van der Waals surface area contributed by atoms with Crippen molar-refractivity contribution in [2.24, 2.45) is 0 Å². The molecule has 0 amide bonds. The van der Waals surface area contributed by atoms with Gasteiger partial charge in [-0.1, -0.05) is 12.1 Å². The molecule has 2 aromatic heterocycles. The fourth-order valence-electron chi connectivity index (χ4n) is 1.69. The molecule has 0 fully saturated rings. The van der Waals surface area contributed by atoms with Gasteiger partial charge < -0.3 is 10.8 Å². The van der Waals surface area contributed by atoms with Crippen molar-refractivity contribution in [3.8, 4) is 17.0 Å². The van der Waals surface area contributed by atoms with Gasteiger partial charge in [0.15, 0.2) is 0 Å². The molecule has 2 heterocycles. The van der Waals surface area contributed by atoms with Crippen molar-refractivity contribution >= 4 is 28.6 Å². The Bertz CT molecular complexity index is 695. The standard InChI is InChI=1S/C12H10N4O.BrH/c13-11-4-5-16-7-10(14-12(16)15-11)8-2-1-3-9(17)6-8;/h1-7,17H,(H2,13,14,15);1H. The van der Waals surface area contributed by atoms with Gasteiger partial charge in [0.2, 0.25) is 5.78 Å². The molecule has 0 bridgehead atoms. The zero-order chi connectivity index (χ0) is 11.8. The van der Waals surface area contributed by atoms with Gasteiger partial charge in [-0.2, -0.15) is 4.98 Å². The molecule has 18 heavy (non-hydrogen) atoms. The van der Waals surface area contributed by atoms with E-state index in [0.717, 1.165) is 11.3 Å². The summed E-state index contributed by atoms with van der Waals surface area (Å²) in [6.45, 7) is 0. The first kappa shape index (κ1) is 12.4. The molecule has 6 heteroatoms. The molecule has 0 saturated heterocycles. The topological polar surface area (TPSA) is 76.4 Å². The van der Waals surface area contributed by atoms with Gasteiger partial charge in [-0.15, -0.1) is 17.0 Å². The van der Waals surface area contributed by atoms with E-state index in [0.29, 0.717) is 11.6 Å². The lowest BCUT2D eigenvalue weighted by molar-refractivity contribution is 0.475. The third-order valence-corrected chi connectivity index (χ3v) is 2.49. The second-order valence-electron chi connectivity index (χ2n) is 3.74. The van der Waals surface area contributed by atoms with E-state index in [9.17, 15) is 5.11 Å². The first-order valence-electron chi connectivity index (χ1n) is 5.13. The minimum absolute atomic E-state index is 0. The molecule has 0 atom stereocenters. The summed E-state index contributed by atoms with van der Waals surface area (Å²) in [5.41, 5.74) is 7.18. The normalized spacial score (nSPS) is 10.2. The molecule has 92 valence electrons. The molecule has 0 unspecified atom stereocenters. The van der Waals surface area contributed by atoms with Gasteiger partial charge in [0.25, 0.3) is 0 Å². The summed E-state index contributed by atoms with van der Waals surface area (Å²) in [5, 5.41) is 9.42. The molecule has 0 spiro atoms. The Labute approximate surface area is 114 Å². The van der Waals surface area contributed by atoms with Gasteiger partial charge in [-0.05, 0) is 18.2 Å². The van der Waals surface area contributed by atoms with E-state index in [1.807, 2.05) is 12.3 Å². The average Bonchev–Trinajstić information content (AvgIpc) is 2.72. The molecule has 3 N–H and O–H groups in total. The Morgan fingerprint density at radius 2 is 2.00 bits per heavy atom. The maximum Gasteiger partial charge on any atom is 0.236 e. The predicted molar refractivity (Wildman–Crippen MR) is 74.8 cm³/mol. The van der Waals surface area contributed by atoms with Crippen LogP contribution in [0, 0.1) is 0 Å². The summed E-state index contributed by atoms with van der Waals surface area (Å²) in [7, 11) is 0. The highest BCUT2D eigenvalue weighted by molar-refractivity contribution is 8.93. The van der Waals surface area contributed by atoms with Crippen molar-refractivity contribution < 1.29 is 5.11 Å². The highest BCUT2D eigenvalue weighted by Crippen LogP contribution is 2.22. The Balaban J connectivity index is 0.00000120. The summed E-state index contributed by atoms with van der Waals surface area (Å²) in [4.78, 5) is 8.46. The monoisotopic (exact) mass is 306 g/mol. The number of hydrogen-bond donors (Lipinski definition) is 2. The molecule has 0 aliphatic carbocycles. The van der Waals surface area contributed by atoms with Crippen molar-refractivity contribution in [1.82, 2.24) is 14.4 Å². The van der Waals surface area contributed by atoms with E-state index in [4.69, 9.17) is 5.73 Å². The highest BCUT2D eigenvalue weighted by atomic mass is 79.9. The lowest BCUT2D eigenvalue weighted by Gasteiger charge is -1.95. The molecule has 0 aliphatic rings. The number of aromatic nitrogens is 3. The van der Waals surface area contributed by atoms with Crippen molar-refractivity contribution in [2.45, 2.75) is 0 Å². The van der Waals surface area contributed by atoms with Crippen LogP contribution in [-0.4, -0.2) is 19.5 Å². The smallest absolute Gasteiger partial charge is 0.236 e. The van der Waals surface area contributed by atoms with Crippen LogP contribution in [0.3, 0.4) is 0 Å². The SMILES string of the molecule is Br.Nc1ccn2cc(-c3cccc(O)c3)nc2n1. The van der Waals surface area contributed by atoms with E-state index in [1.54, 1.807) is 34.9 Å². The van der Waals surface area contributed by atoms with Crippen molar-refractivity contribution in [3.05, 3.63) is 42.7 Å². The van der Waals surface area contributed by atoms with Crippen LogP contribution in [0.5, 0.6) is 5.75 Å². The fourth-order valence-corrected chi connectivity index (χ4v) is 1.69. The maximum atomic E-state index is 9.42. The van der Waals surface area contributed by atoms with Crippen LogP contribution in [0.1, 0.15) is 0 Å². The van der Waals surface area contributed by atoms with Crippen LogP contribution in [0.2, 0.25) is 0 Å². The zero-order valence-electron chi connectivity index (χ0n) is 9.32. The molecule has 0 radical (unpaired) electrons. The number of nitrogen functional groups attached to an aromatic ring is 1. The summed E-state index contributed by atoms with van der Waals surface area (Å²) >= 11 is 0. The number of imidazole rings is 1. The molecular formula is C12H11BrN4O. The summed E-state index contributed by atoms with van der Waals surface area (Å²) in [5.74, 6) is 1.20. The number of anilines is 1. The van der Waals surface area contributed by atoms with Crippen LogP contribution in [-0.2, 0) is 0 Å². The first-order chi connectivity index (χ1) is 8.22. The van der Waals surface area contributed by atoms with Gasteiger partial charge in [0.1, 0.15) is 11.6 Å². The lowest BCUT2D eigenvalue weighted by Crippen LogP contribution is -1.93. The maximum absolute atomic E-state index is 9.42. The number of phenols is 1. The second kappa shape index (κ2) is 4.66. The molecule has 1 aromatic carbocycles. The Morgan fingerprint density at radius 1 is 1.17 bits per heavy atom. The summed E-state index contributed by atoms with van der Waals surface area (Å²) < 4.78 is 1.79. The van der Waals surface area contributed by atoms with Crippen molar-refractivity contribution in [1.29, 1.82) is 0 Å². The van der Waals surface area contributed by atoms with E-state index in [2.05, 4.69) is 9.97 Å². The number of hydrogen-bond acceptors (Lipinski definition) is 4. The van der Waals surface area contributed by atoms with E-state index in [1.165, 1.54) is 0 Å². The third kappa shape index (κ3) is 2.14. The van der Waals surface area contributed by atoms with Crippen LogP contribution < -0.4 is 5.73 Å². The number of nitrogens with zero attached hydrogens (tertiary/aromatic N) is 3. The molecule has 5 nitrogen and oxygen atoms in total. The van der Waals surface area contributed by atoms with Crippen LogP contribution in [0.4, 0.5) is 5.82 Å². The third-order valence-electron chi connectivity index (χ3n) is 2.49. The number of nitrogens with two attached hydrogens (primary N) is 1. The summed E-state index contributed by atoms with van der Waals surface area (Å²) in [6, 6.07) is 8.64. The predicted octanol–water partition coefficient (Wildman–Crippen LogP) is 2.26. The number of aromatic hydroxyl groups is 1. The quantitative estimate of drug-likeness (QED) is 0.723. The number of rotatable bonds is 1. The largest absolute Gasteiger partial charge is 0.508 e. The number of halogens is 1. The molecular weight excluding hydrogens is 296 g/mol. The van der Waals surface area contributed by atoms with Gasteiger partial charge in [-0.25, -0.2) is 4.98 Å². The number of phenolic OH excluding ortho intramolecular Hbond substituents is 1. The molecule has 0 aliphatic heterocycles. The lowest BCUT2D eigenvalue weighted by atomic mass is 10.2. The Kier molecular flexibility index (Phi) is 3.20. The van der Waals surface area contributed by atoms with Crippen LogP contribution in [0.15, 0.2) is 42.7 Å².